The quantitative estimate of drug-likeness (QED) is 0.854. The summed E-state index contributed by atoms with van der Waals surface area (Å²) >= 11 is 9.27. The lowest BCUT2D eigenvalue weighted by Crippen LogP contribution is -2.25. The Balaban J connectivity index is 1.73. The molecule has 1 amide bonds. The van der Waals surface area contributed by atoms with Crippen molar-refractivity contribution in [2.24, 2.45) is 0 Å². The fourth-order valence-corrected chi connectivity index (χ4v) is 2.84. The van der Waals surface area contributed by atoms with Gasteiger partial charge in [0, 0.05) is 28.8 Å². The second kappa shape index (κ2) is 5.81. The Morgan fingerprint density at radius 1 is 1.43 bits per heavy atom. The molecule has 1 aliphatic rings. The highest BCUT2D eigenvalue weighted by Gasteiger charge is 2.27. The molecule has 1 fully saturated rings. The van der Waals surface area contributed by atoms with E-state index >= 15 is 0 Å². The van der Waals surface area contributed by atoms with Crippen LogP contribution in [0.25, 0.3) is 0 Å². The minimum absolute atomic E-state index is 0.136. The van der Waals surface area contributed by atoms with Crippen LogP contribution in [0.5, 0.6) is 0 Å². The molecule has 0 aliphatic heterocycles. The van der Waals surface area contributed by atoms with Gasteiger partial charge in [-0.2, -0.15) is 0 Å². The molecule has 110 valence electrons. The monoisotopic (exact) mass is 370 g/mol. The number of carbonyl (C=O) groups is 1. The zero-order valence-electron chi connectivity index (χ0n) is 11.1. The number of hydrogen-bond donors (Lipinski definition) is 1. The third-order valence-electron chi connectivity index (χ3n) is 3.44. The van der Waals surface area contributed by atoms with Gasteiger partial charge in [0.15, 0.2) is 0 Å². The van der Waals surface area contributed by atoms with Crippen molar-refractivity contribution < 1.29 is 9.18 Å². The summed E-state index contributed by atoms with van der Waals surface area (Å²) in [7, 11) is 0. The summed E-state index contributed by atoms with van der Waals surface area (Å²) < 4.78 is 16.3. The molecule has 6 heteroatoms. The molecule has 1 aromatic carbocycles. The lowest BCUT2D eigenvalue weighted by atomic mass is 10.2. The van der Waals surface area contributed by atoms with Crippen LogP contribution in [0.2, 0.25) is 5.02 Å². The Morgan fingerprint density at radius 3 is 2.90 bits per heavy atom. The van der Waals surface area contributed by atoms with Gasteiger partial charge in [0.05, 0.1) is 5.02 Å². The lowest BCUT2D eigenvalue weighted by Gasteiger charge is -2.09. The van der Waals surface area contributed by atoms with Crippen LogP contribution < -0.4 is 5.32 Å². The zero-order chi connectivity index (χ0) is 15.0. The normalized spacial score (nSPS) is 14.2. The van der Waals surface area contributed by atoms with Gasteiger partial charge in [-0.05, 0) is 37.1 Å². The first kappa shape index (κ1) is 14.6. The average molecular weight is 372 g/mol. The number of aromatic nitrogens is 1. The van der Waals surface area contributed by atoms with Crippen molar-refractivity contribution in [3.63, 3.8) is 0 Å². The zero-order valence-corrected chi connectivity index (χ0v) is 13.4. The molecular formula is C15H13BrClFN2O. The van der Waals surface area contributed by atoms with E-state index < -0.39 is 0 Å². The summed E-state index contributed by atoms with van der Waals surface area (Å²) in [5.74, 6) is -0.581. The highest BCUT2D eigenvalue weighted by atomic mass is 79.9. The molecular weight excluding hydrogens is 359 g/mol. The molecule has 0 bridgehead atoms. The van der Waals surface area contributed by atoms with Crippen LogP contribution in [0, 0.1) is 5.82 Å². The van der Waals surface area contributed by atoms with Gasteiger partial charge < -0.3 is 9.88 Å². The Labute approximate surface area is 135 Å². The van der Waals surface area contributed by atoms with Crippen molar-refractivity contribution in [1.82, 2.24) is 9.88 Å². The van der Waals surface area contributed by atoms with Crippen molar-refractivity contribution in [2.75, 3.05) is 0 Å². The second-order valence-electron chi connectivity index (χ2n) is 5.10. The molecule has 3 nitrogen and oxygen atoms in total. The van der Waals surface area contributed by atoms with Crippen LogP contribution in [0.1, 0.15) is 34.9 Å². The van der Waals surface area contributed by atoms with Crippen LogP contribution in [0.3, 0.4) is 0 Å². The number of halogens is 3. The lowest BCUT2D eigenvalue weighted by molar-refractivity contribution is 0.0941. The highest BCUT2D eigenvalue weighted by molar-refractivity contribution is 9.10. The first-order valence-corrected chi connectivity index (χ1v) is 7.81. The molecule has 0 radical (unpaired) electrons. The van der Waals surface area contributed by atoms with Crippen LogP contribution >= 0.6 is 27.5 Å². The van der Waals surface area contributed by atoms with E-state index in [9.17, 15) is 9.18 Å². The summed E-state index contributed by atoms with van der Waals surface area (Å²) in [6.45, 7) is 0.136. The molecule has 1 aromatic heterocycles. The van der Waals surface area contributed by atoms with E-state index in [-0.39, 0.29) is 18.3 Å². The van der Waals surface area contributed by atoms with E-state index in [0.717, 1.165) is 17.3 Å². The second-order valence-corrected chi connectivity index (χ2v) is 6.45. The SMILES string of the molecule is O=C(NCc1cc(Br)ccc1F)c1cc(Cl)cn1C1CC1. The molecule has 0 spiro atoms. The largest absolute Gasteiger partial charge is 0.347 e. The fraction of sp³-hybridized carbons (Fsp3) is 0.267. The standard InChI is InChI=1S/C15H13BrClFN2O/c16-10-1-4-13(18)9(5-10)7-19-15(21)14-6-11(17)8-20(14)12-2-3-12/h1,4-6,8,12H,2-3,7H2,(H,19,21). The minimum Gasteiger partial charge on any atom is -0.347 e. The van der Waals surface area contributed by atoms with Crippen molar-refractivity contribution in [3.05, 3.63) is 57.0 Å². The van der Waals surface area contributed by atoms with E-state index in [2.05, 4.69) is 21.2 Å². The van der Waals surface area contributed by atoms with E-state index in [1.165, 1.54) is 6.07 Å². The predicted octanol–water partition coefficient (Wildman–Crippen LogP) is 4.31. The van der Waals surface area contributed by atoms with Crippen molar-refractivity contribution in [3.8, 4) is 0 Å². The number of hydrogen-bond acceptors (Lipinski definition) is 1. The fourth-order valence-electron chi connectivity index (χ4n) is 2.23. The van der Waals surface area contributed by atoms with Crippen LogP contribution in [-0.2, 0) is 6.54 Å². The summed E-state index contributed by atoms with van der Waals surface area (Å²) in [5, 5.41) is 3.28. The van der Waals surface area contributed by atoms with E-state index in [1.54, 1.807) is 24.4 Å². The molecule has 2 aromatic rings. The van der Waals surface area contributed by atoms with Crippen molar-refractivity contribution in [2.45, 2.75) is 25.4 Å². The van der Waals surface area contributed by atoms with Gasteiger partial charge in [-0.3, -0.25) is 4.79 Å². The Hall–Kier alpha value is -1.33. The summed E-state index contributed by atoms with van der Waals surface area (Å²) in [6, 6.07) is 6.66. The van der Waals surface area contributed by atoms with E-state index in [0.29, 0.717) is 22.3 Å². The van der Waals surface area contributed by atoms with Gasteiger partial charge >= 0.3 is 0 Å². The smallest absolute Gasteiger partial charge is 0.268 e. The van der Waals surface area contributed by atoms with E-state index in [1.807, 2.05) is 4.57 Å². The van der Waals surface area contributed by atoms with Gasteiger partial charge in [-0.25, -0.2) is 4.39 Å². The first-order chi connectivity index (χ1) is 10.0. The summed E-state index contributed by atoms with van der Waals surface area (Å²) in [6.07, 6.45) is 3.89. The van der Waals surface area contributed by atoms with Crippen LogP contribution in [0.4, 0.5) is 4.39 Å². The molecule has 21 heavy (non-hydrogen) atoms. The van der Waals surface area contributed by atoms with E-state index in [4.69, 9.17) is 11.6 Å². The minimum atomic E-state index is -0.339. The third-order valence-corrected chi connectivity index (χ3v) is 4.14. The van der Waals surface area contributed by atoms with Gasteiger partial charge in [0.2, 0.25) is 0 Å². The number of amides is 1. The maximum atomic E-state index is 13.6. The number of nitrogens with zero attached hydrogens (tertiary/aromatic N) is 1. The average Bonchev–Trinajstić information content (AvgIpc) is 3.22. The maximum absolute atomic E-state index is 13.6. The third kappa shape index (κ3) is 3.30. The van der Waals surface area contributed by atoms with Crippen molar-refractivity contribution in [1.29, 1.82) is 0 Å². The van der Waals surface area contributed by atoms with Crippen LogP contribution in [-0.4, -0.2) is 10.5 Å². The number of rotatable bonds is 4. The molecule has 0 saturated heterocycles. The molecule has 3 rings (SSSR count). The Morgan fingerprint density at radius 2 is 2.19 bits per heavy atom. The van der Waals surface area contributed by atoms with Gasteiger partial charge in [0.1, 0.15) is 11.5 Å². The van der Waals surface area contributed by atoms with Crippen LogP contribution in [0.15, 0.2) is 34.9 Å². The van der Waals surface area contributed by atoms with Gasteiger partial charge in [-0.15, -0.1) is 0 Å². The molecule has 1 N–H and O–H groups in total. The molecule has 1 saturated carbocycles. The molecule has 0 unspecified atom stereocenters. The molecule has 0 atom stereocenters. The van der Waals surface area contributed by atoms with Gasteiger partial charge in [0.25, 0.3) is 5.91 Å². The Bertz CT molecular complexity index is 697. The highest BCUT2D eigenvalue weighted by Crippen LogP contribution is 2.37. The first-order valence-electron chi connectivity index (χ1n) is 6.64. The summed E-state index contributed by atoms with van der Waals surface area (Å²) in [4.78, 5) is 12.3. The topological polar surface area (TPSA) is 34.0 Å². The predicted molar refractivity (Wildman–Crippen MR) is 83.0 cm³/mol. The molecule has 1 heterocycles. The maximum Gasteiger partial charge on any atom is 0.268 e. The number of benzene rings is 1. The number of nitrogens with one attached hydrogen (secondary N) is 1. The molecule has 1 aliphatic carbocycles. The Kier molecular flexibility index (Phi) is 4.04. The number of carbonyl (C=O) groups excluding carboxylic acids is 1. The van der Waals surface area contributed by atoms with Crippen molar-refractivity contribution >= 4 is 33.4 Å². The summed E-state index contributed by atoms with van der Waals surface area (Å²) in [5.41, 5.74) is 0.964. The van der Waals surface area contributed by atoms with Gasteiger partial charge in [-0.1, -0.05) is 27.5 Å².